The summed E-state index contributed by atoms with van der Waals surface area (Å²) in [7, 11) is 3.09. The molecule has 3 rings (SSSR count). The number of esters is 1. The number of hydrogen-bond acceptors (Lipinski definition) is 6. The van der Waals surface area contributed by atoms with Crippen LogP contribution in [0.2, 0.25) is 0 Å². The maximum Gasteiger partial charge on any atom is 0.348 e. The summed E-state index contributed by atoms with van der Waals surface area (Å²) in [6.07, 6.45) is 3.37. The van der Waals surface area contributed by atoms with E-state index in [1.807, 2.05) is 0 Å². The van der Waals surface area contributed by atoms with E-state index < -0.39 is 5.97 Å². The van der Waals surface area contributed by atoms with Gasteiger partial charge in [0.05, 0.1) is 24.3 Å². The summed E-state index contributed by atoms with van der Waals surface area (Å²) in [5.74, 6) is -0.0314. The van der Waals surface area contributed by atoms with Crippen LogP contribution < -0.4 is 5.56 Å². The van der Waals surface area contributed by atoms with Crippen LogP contribution in [0, 0.1) is 6.92 Å². The first-order valence-corrected chi connectivity index (χ1v) is 6.93. The van der Waals surface area contributed by atoms with Gasteiger partial charge >= 0.3 is 5.97 Å². The average Bonchev–Trinajstić information content (AvgIpc) is 3.02. The first-order chi connectivity index (χ1) is 10.0. The molecule has 0 amide bonds. The van der Waals surface area contributed by atoms with Gasteiger partial charge in [-0.05, 0) is 12.5 Å². The van der Waals surface area contributed by atoms with Crippen molar-refractivity contribution in [3.8, 4) is 11.4 Å². The van der Waals surface area contributed by atoms with E-state index in [0.717, 1.165) is 11.3 Å². The van der Waals surface area contributed by atoms with Crippen LogP contribution in [0.4, 0.5) is 0 Å². The highest BCUT2D eigenvalue weighted by atomic mass is 32.1. The Kier molecular flexibility index (Phi) is 3.09. The van der Waals surface area contributed by atoms with Crippen molar-refractivity contribution in [2.45, 2.75) is 6.92 Å². The first-order valence-electron chi connectivity index (χ1n) is 6.12. The van der Waals surface area contributed by atoms with Crippen molar-refractivity contribution >= 4 is 27.5 Å². The number of methoxy groups -OCH3 is 1. The van der Waals surface area contributed by atoms with E-state index in [4.69, 9.17) is 4.74 Å². The highest BCUT2D eigenvalue weighted by Crippen LogP contribution is 2.28. The fourth-order valence-electron chi connectivity index (χ4n) is 2.11. The average molecular weight is 304 g/mol. The highest BCUT2D eigenvalue weighted by molar-refractivity contribution is 7.20. The maximum atomic E-state index is 12.3. The molecule has 0 saturated heterocycles. The molecule has 3 aromatic heterocycles. The van der Waals surface area contributed by atoms with Crippen molar-refractivity contribution < 1.29 is 9.53 Å². The molecule has 21 heavy (non-hydrogen) atoms. The van der Waals surface area contributed by atoms with Crippen LogP contribution in [-0.4, -0.2) is 32.8 Å². The standard InChI is InChI=1S/C13H12N4O3S/c1-6-8-11(18)15-10(7-4-14-17(2)5-7)16-12(8)21-9(6)13(19)20-3/h4-5H,1-3H3,(H,15,16,18). The number of fused-ring (bicyclic) bond motifs is 1. The lowest BCUT2D eigenvalue weighted by molar-refractivity contribution is 0.0605. The fourth-order valence-corrected chi connectivity index (χ4v) is 3.21. The van der Waals surface area contributed by atoms with E-state index in [0.29, 0.717) is 32.0 Å². The Hall–Kier alpha value is -2.48. The van der Waals surface area contributed by atoms with E-state index in [1.54, 1.807) is 31.0 Å². The second-order valence-corrected chi connectivity index (χ2v) is 5.54. The second-order valence-electron chi connectivity index (χ2n) is 4.55. The highest BCUT2D eigenvalue weighted by Gasteiger charge is 2.20. The summed E-state index contributed by atoms with van der Waals surface area (Å²) >= 11 is 1.15. The Labute approximate surface area is 123 Å². The number of rotatable bonds is 2. The van der Waals surface area contributed by atoms with Gasteiger partial charge < -0.3 is 9.72 Å². The van der Waals surface area contributed by atoms with Gasteiger partial charge in [-0.3, -0.25) is 9.48 Å². The molecule has 0 atom stereocenters. The zero-order chi connectivity index (χ0) is 15.1. The molecule has 3 aromatic rings. The van der Waals surface area contributed by atoms with Crippen LogP contribution in [-0.2, 0) is 11.8 Å². The number of ether oxygens (including phenoxy) is 1. The van der Waals surface area contributed by atoms with Crippen LogP contribution >= 0.6 is 11.3 Å². The number of nitrogens with one attached hydrogen (secondary N) is 1. The second kappa shape index (κ2) is 4.81. The van der Waals surface area contributed by atoms with Gasteiger partial charge in [0.25, 0.3) is 5.56 Å². The molecule has 108 valence electrons. The topological polar surface area (TPSA) is 89.9 Å². The van der Waals surface area contributed by atoms with Gasteiger partial charge in [0.1, 0.15) is 15.5 Å². The molecule has 0 bridgehead atoms. The van der Waals surface area contributed by atoms with Gasteiger partial charge in [-0.1, -0.05) is 0 Å². The minimum Gasteiger partial charge on any atom is -0.465 e. The number of nitrogens with zero attached hydrogens (tertiary/aromatic N) is 3. The largest absolute Gasteiger partial charge is 0.465 e. The van der Waals surface area contributed by atoms with Gasteiger partial charge in [-0.25, -0.2) is 9.78 Å². The Morgan fingerprint density at radius 3 is 2.86 bits per heavy atom. The summed E-state index contributed by atoms with van der Waals surface area (Å²) in [5.41, 5.74) is 1.03. The summed E-state index contributed by atoms with van der Waals surface area (Å²) in [6.45, 7) is 1.71. The lowest BCUT2D eigenvalue weighted by atomic mass is 10.2. The molecule has 0 unspecified atom stereocenters. The quantitative estimate of drug-likeness (QED) is 0.724. The molecule has 3 heterocycles. The van der Waals surface area contributed by atoms with E-state index in [9.17, 15) is 9.59 Å². The Morgan fingerprint density at radius 1 is 1.48 bits per heavy atom. The van der Waals surface area contributed by atoms with E-state index in [2.05, 4.69) is 15.1 Å². The lowest BCUT2D eigenvalue weighted by Crippen LogP contribution is -2.09. The van der Waals surface area contributed by atoms with Crippen LogP contribution in [0.1, 0.15) is 15.2 Å². The Bertz CT molecular complexity index is 906. The smallest absolute Gasteiger partial charge is 0.348 e. The number of hydrogen-bond donors (Lipinski definition) is 1. The zero-order valence-corrected chi connectivity index (χ0v) is 12.4. The van der Waals surface area contributed by atoms with Crippen LogP contribution in [0.3, 0.4) is 0 Å². The maximum absolute atomic E-state index is 12.3. The number of carbonyl (C=O) groups excluding carboxylic acids is 1. The predicted octanol–water partition coefficient (Wildman–Crippen LogP) is 1.48. The van der Waals surface area contributed by atoms with Gasteiger partial charge in [-0.2, -0.15) is 5.10 Å². The molecule has 8 heteroatoms. The summed E-state index contributed by atoms with van der Waals surface area (Å²) in [4.78, 5) is 32.0. The van der Waals surface area contributed by atoms with Crippen molar-refractivity contribution in [2.24, 2.45) is 7.05 Å². The van der Waals surface area contributed by atoms with Crippen molar-refractivity contribution in [3.63, 3.8) is 0 Å². The monoisotopic (exact) mass is 304 g/mol. The van der Waals surface area contributed by atoms with Crippen molar-refractivity contribution in [1.82, 2.24) is 19.7 Å². The number of aromatic nitrogens is 4. The zero-order valence-electron chi connectivity index (χ0n) is 11.6. The van der Waals surface area contributed by atoms with Crippen LogP contribution in [0.5, 0.6) is 0 Å². The molecule has 0 aliphatic rings. The normalized spacial score (nSPS) is 11.0. The Morgan fingerprint density at radius 2 is 2.24 bits per heavy atom. The molecule has 1 N–H and O–H groups in total. The molecular weight excluding hydrogens is 292 g/mol. The Balaban J connectivity index is 2.25. The van der Waals surface area contributed by atoms with Crippen molar-refractivity contribution in [2.75, 3.05) is 7.11 Å². The fraction of sp³-hybridized carbons (Fsp3) is 0.231. The molecule has 0 radical (unpaired) electrons. The molecule has 0 fully saturated rings. The van der Waals surface area contributed by atoms with Gasteiger partial charge in [0.15, 0.2) is 0 Å². The van der Waals surface area contributed by atoms with E-state index in [1.165, 1.54) is 7.11 Å². The third-order valence-corrected chi connectivity index (χ3v) is 4.32. The SMILES string of the molecule is COC(=O)c1sc2nc(-c3cnn(C)c3)[nH]c(=O)c2c1C. The molecule has 0 spiro atoms. The number of aromatic amines is 1. The predicted molar refractivity (Wildman–Crippen MR) is 78.5 cm³/mol. The first kappa shape index (κ1) is 13.5. The molecule has 7 nitrogen and oxygen atoms in total. The van der Waals surface area contributed by atoms with Gasteiger partial charge in [-0.15, -0.1) is 11.3 Å². The summed E-state index contributed by atoms with van der Waals surface area (Å²) in [6, 6.07) is 0. The third-order valence-electron chi connectivity index (χ3n) is 3.15. The lowest BCUT2D eigenvalue weighted by Gasteiger charge is -1.97. The minimum absolute atomic E-state index is 0.275. The summed E-state index contributed by atoms with van der Waals surface area (Å²) in [5, 5.41) is 4.48. The molecule has 0 aromatic carbocycles. The number of carbonyl (C=O) groups is 1. The van der Waals surface area contributed by atoms with E-state index >= 15 is 0 Å². The van der Waals surface area contributed by atoms with Crippen molar-refractivity contribution in [3.05, 3.63) is 33.2 Å². The molecule has 0 aliphatic carbocycles. The van der Waals surface area contributed by atoms with E-state index in [-0.39, 0.29) is 5.56 Å². The molecule has 0 saturated carbocycles. The minimum atomic E-state index is -0.460. The summed E-state index contributed by atoms with van der Waals surface area (Å²) < 4.78 is 6.35. The van der Waals surface area contributed by atoms with Gasteiger partial charge in [0, 0.05) is 13.2 Å². The third kappa shape index (κ3) is 2.13. The number of thiophene rings is 1. The van der Waals surface area contributed by atoms with Crippen LogP contribution in [0.25, 0.3) is 21.6 Å². The molecular formula is C13H12N4O3S. The van der Waals surface area contributed by atoms with Crippen LogP contribution in [0.15, 0.2) is 17.2 Å². The number of aryl methyl sites for hydroxylation is 2. The number of H-pyrrole nitrogens is 1. The van der Waals surface area contributed by atoms with Gasteiger partial charge in [0.2, 0.25) is 0 Å². The molecule has 0 aliphatic heterocycles. The van der Waals surface area contributed by atoms with Crippen molar-refractivity contribution in [1.29, 1.82) is 0 Å².